The number of fused-ring (bicyclic) bond motifs is 21. The number of aryl methyl sites for hydroxylation is 3. The molecule has 0 unspecified atom stereocenters. The summed E-state index contributed by atoms with van der Waals surface area (Å²) in [7, 11) is -5.95. The second-order valence-electron chi connectivity index (χ2n) is 18.5. The second-order valence-corrected chi connectivity index (χ2v) is 25.8. The Labute approximate surface area is 358 Å². The van der Waals surface area contributed by atoms with Crippen molar-refractivity contribution in [2.24, 2.45) is 0 Å². The molecule has 0 atom stereocenters. The first-order valence-electron chi connectivity index (χ1n) is 21.8. The third kappa shape index (κ3) is 3.38. The molecule has 284 valence electrons. The maximum atomic E-state index is 2.86. The number of hydrogen-bond acceptors (Lipinski definition) is 1. The SMILES string of the molecule is Cc1cc2c3c(c1)[Si]1(c4ccccc4-c4ccccc41)c1cc(C)cc4c1N3c1c(cc(C)cc1[Si]41c3ccccc3-c3ccccc31)C21c2ccccc2-c2ccccc21. The highest BCUT2D eigenvalue weighted by atomic mass is 28.3. The highest BCUT2D eigenvalue weighted by Crippen LogP contribution is 2.64. The van der Waals surface area contributed by atoms with Crippen LogP contribution in [0.25, 0.3) is 33.4 Å². The van der Waals surface area contributed by atoms with Gasteiger partial charge in [0, 0.05) is 5.69 Å². The van der Waals surface area contributed by atoms with Crippen LogP contribution >= 0.6 is 0 Å². The number of anilines is 3. The molecule has 0 saturated carbocycles. The van der Waals surface area contributed by atoms with E-state index in [1.54, 1.807) is 10.4 Å². The summed E-state index contributed by atoms with van der Waals surface area (Å²) < 4.78 is 0. The van der Waals surface area contributed by atoms with E-state index in [1.165, 1.54) is 121 Å². The van der Waals surface area contributed by atoms with E-state index in [-0.39, 0.29) is 0 Å². The Morgan fingerprint density at radius 3 is 0.967 bits per heavy atom. The van der Waals surface area contributed by atoms with Crippen molar-refractivity contribution in [1.29, 1.82) is 0 Å². The van der Waals surface area contributed by atoms with Gasteiger partial charge in [0.25, 0.3) is 0 Å². The van der Waals surface area contributed by atoms with Gasteiger partial charge in [-0.2, -0.15) is 0 Å². The molecule has 3 spiro atoms. The summed E-state index contributed by atoms with van der Waals surface area (Å²) in [5, 5.41) is 12.3. The number of nitrogens with zero attached hydrogens (tertiary/aromatic N) is 1. The highest BCUT2D eigenvalue weighted by Gasteiger charge is 2.65. The molecule has 0 N–H and O–H groups in total. The van der Waals surface area contributed by atoms with Gasteiger partial charge in [-0.25, -0.2) is 0 Å². The van der Waals surface area contributed by atoms with Gasteiger partial charge in [0.05, 0.1) is 16.8 Å². The van der Waals surface area contributed by atoms with Crippen molar-refractivity contribution in [3.8, 4) is 33.4 Å². The van der Waals surface area contributed by atoms with Gasteiger partial charge in [-0.3, -0.25) is 0 Å². The molecule has 9 aromatic rings. The Morgan fingerprint density at radius 2 is 0.590 bits per heavy atom. The van der Waals surface area contributed by atoms with Gasteiger partial charge in [-0.15, -0.1) is 0 Å². The molecule has 5 heterocycles. The smallest absolute Gasteiger partial charge is 0.185 e. The van der Waals surface area contributed by atoms with Gasteiger partial charge >= 0.3 is 0 Å². The molecule has 0 bridgehead atoms. The van der Waals surface area contributed by atoms with Gasteiger partial charge in [0.1, 0.15) is 0 Å². The van der Waals surface area contributed by atoms with Crippen LogP contribution in [0.2, 0.25) is 0 Å². The zero-order valence-electron chi connectivity index (χ0n) is 34.3. The second kappa shape index (κ2) is 10.7. The van der Waals surface area contributed by atoms with Gasteiger partial charge in [-0.05, 0) is 118 Å². The van der Waals surface area contributed by atoms with Crippen molar-refractivity contribution in [3.63, 3.8) is 0 Å². The Kier molecular flexibility index (Phi) is 5.81. The molecule has 15 rings (SSSR count). The summed E-state index contributed by atoms with van der Waals surface area (Å²) in [4.78, 5) is 2.86. The monoisotopic (exact) mass is 805 g/mol. The van der Waals surface area contributed by atoms with E-state index in [0.717, 1.165) is 0 Å². The number of hydrogen-bond donors (Lipinski definition) is 0. The zero-order valence-corrected chi connectivity index (χ0v) is 36.3. The number of benzene rings is 9. The lowest BCUT2D eigenvalue weighted by Crippen LogP contribution is -2.81. The molecule has 0 fully saturated rings. The zero-order chi connectivity index (χ0) is 40.1. The van der Waals surface area contributed by atoms with Crippen molar-refractivity contribution in [3.05, 3.63) is 221 Å². The average Bonchev–Trinajstić information content (AvgIpc) is 3.87. The van der Waals surface area contributed by atoms with Crippen LogP contribution in [0.1, 0.15) is 38.9 Å². The summed E-state index contributed by atoms with van der Waals surface area (Å²) in [5.74, 6) is 0. The molecule has 0 amide bonds. The number of rotatable bonds is 0. The Hall–Kier alpha value is -6.79. The Balaban J connectivity index is 1.26. The fourth-order valence-corrected chi connectivity index (χ4v) is 25.7. The quantitative estimate of drug-likeness (QED) is 0.140. The molecule has 5 aliphatic heterocycles. The summed E-state index contributed by atoms with van der Waals surface area (Å²) in [6.07, 6.45) is 0. The first kappa shape index (κ1) is 33.0. The first-order valence-corrected chi connectivity index (χ1v) is 25.8. The molecular formula is C58H39NSi2. The van der Waals surface area contributed by atoms with E-state index in [1.807, 2.05) is 0 Å². The van der Waals surface area contributed by atoms with E-state index < -0.39 is 21.6 Å². The fraction of sp³-hybridized carbons (Fsp3) is 0.0690. The summed E-state index contributed by atoms with van der Waals surface area (Å²) in [6.45, 7) is 7.11. The maximum Gasteiger partial charge on any atom is 0.185 e. The van der Waals surface area contributed by atoms with E-state index in [9.17, 15) is 0 Å². The molecule has 3 heteroatoms. The standard InChI is InChI=1S/C58H39NSi2/c1-34-28-45-55-51(30-34)60(47-24-12-6-18-39(47)40-19-7-13-25-48(40)60)53-32-36(3)33-54-57(53)59(55)56-46(58(45)43-22-10-4-16-37(43)38-17-5-11-23-44(38)58)29-35(2)31-52(56)61(54)49-26-14-8-20-41(49)42-21-9-15-27-50(42)61/h4-33H,1-3H3. The highest BCUT2D eigenvalue weighted by molar-refractivity contribution is 7.27. The topological polar surface area (TPSA) is 3.24 Å². The minimum Gasteiger partial charge on any atom is -0.310 e. The van der Waals surface area contributed by atoms with Crippen molar-refractivity contribution >= 4 is 74.7 Å². The predicted molar refractivity (Wildman–Crippen MR) is 259 cm³/mol. The first-order chi connectivity index (χ1) is 30.0. The summed E-state index contributed by atoms with van der Waals surface area (Å²) in [6, 6.07) is 72.5. The van der Waals surface area contributed by atoms with E-state index >= 15 is 0 Å². The van der Waals surface area contributed by atoms with Crippen LogP contribution in [0.3, 0.4) is 0 Å². The lowest BCUT2D eigenvalue weighted by molar-refractivity contribution is 0.752. The molecule has 0 aromatic heterocycles. The third-order valence-electron chi connectivity index (χ3n) is 15.7. The van der Waals surface area contributed by atoms with Gasteiger partial charge in [0.2, 0.25) is 0 Å². The molecule has 0 saturated heterocycles. The average molecular weight is 806 g/mol. The Morgan fingerprint density at radius 1 is 0.295 bits per heavy atom. The largest absolute Gasteiger partial charge is 0.310 e. The van der Waals surface area contributed by atoms with Crippen LogP contribution in [0, 0.1) is 20.8 Å². The van der Waals surface area contributed by atoms with Crippen molar-refractivity contribution < 1.29 is 0 Å². The Bertz CT molecular complexity index is 2970. The molecule has 1 aliphatic carbocycles. The summed E-state index contributed by atoms with van der Waals surface area (Å²) in [5.41, 5.74) is 21.8. The van der Waals surface area contributed by atoms with Gasteiger partial charge < -0.3 is 4.90 Å². The molecule has 1 nitrogen and oxygen atoms in total. The van der Waals surface area contributed by atoms with Crippen LogP contribution in [0.15, 0.2) is 182 Å². The van der Waals surface area contributed by atoms with Crippen LogP contribution in [0.4, 0.5) is 17.1 Å². The van der Waals surface area contributed by atoms with Crippen LogP contribution in [-0.2, 0) is 5.41 Å². The van der Waals surface area contributed by atoms with Crippen molar-refractivity contribution in [2.45, 2.75) is 26.2 Å². The van der Waals surface area contributed by atoms with Crippen molar-refractivity contribution in [2.75, 3.05) is 4.90 Å². The predicted octanol–water partition coefficient (Wildman–Crippen LogP) is 8.10. The fourth-order valence-electron chi connectivity index (χ4n) is 14.0. The van der Waals surface area contributed by atoms with Crippen LogP contribution in [-0.4, -0.2) is 16.1 Å². The third-order valence-corrected chi connectivity index (χ3v) is 25.4. The lowest BCUT2D eigenvalue weighted by Gasteiger charge is -2.56. The summed E-state index contributed by atoms with van der Waals surface area (Å²) >= 11 is 0. The minimum absolute atomic E-state index is 0.518. The maximum absolute atomic E-state index is 2.98. The molecule has 6 aliphatic rings. The molecular weight excluding hydrogens is 767 g/mol. The van der Waals surface area contributed by atoms with Crippen LogP contribution in [0.5, 0.6) is 0 Å². The van der Waals surface area contributed by atoms with Crippen LogP contribution < -0.4 is 46.4 Å². The van der Waals surface area contributed by atoms with E-state index in [0.29, 0.717) is 0 Å². The molecule has 9 aromatic carbocycles. The normalized spacial score (nSPS) is 16.5. The lowest BCUT2D eigenvalue weighted by atomic mass is 9.64. The molecule has 61 heavy (non-hydrogen) atoms. The van der Waals surface area contributed by atoms with Gasteiger partial charge in [-0.1, -0.05) is 199 Å². The van der Waals surface area contributed by atoms with E-state index in [4.69, 9.17) is 0 Å². The van der Waals surface area contributed by atoms with Gasteiger partial charge in [0.15, 0.2) is 16.1 Å². The minimum atomic E-state index is -2.98. The van der Waals surface area contributed by atoms with E-state index in [2.05, 4.69) is 208 Å². The van der Waals surface area contributed by atoms with Crippen molar-refractivity contribution in [1.82, 2.24) is 0 Å². The molecule has 0 radical (unpaired) electrons.